The van der Waals surface area contributed by atoms with Gasteiger partial charge in [0.2, 0.25) is 0 Å². The Balaban J connectivity index is 0.000000180. The molecule has 0 atom stereocenters. The van der Waals surface area contributed by atoms with E-state index in [1.807, 2.05) is 43.5 Å². The number of nitrogens with zero attached hydrogens (tertiary/aromatic N) is 4. The van der Waals surface area contributed by atoms with E-state index in [1.54, 1.807) is 49.2 Å². The highest BCUT2D eigenvalue weighted by atomic mass is 35.5. The summed E-state index contributed by atoms with van der Waals surface area (Å²) >= 11 is 5.48. The minimum atomic E-state index is -0.289. The number of aromatic nitrogens is 4. The molecule has 27 heavy (non-hydrogen) atoms. The molecule has 0 amide bonds. The highest BCUT2D eigenvalue weighted by Gasteiger charge is 1.78. The highest BCUT2D eigenvalue weighted by Crippen LogP contribution is 2.01. The fourth-order valence-electron chi connectivity index (χ4n) is 1.44. The van der Waals surface area contributed by atoms with Crippen molar-refractivity contribution < 1.29 is 4.39 Å². The van der Waals surface area contributed by atoms with Gasteiger partial charge in [-0.1, -0.05) is 23.7 Å². The monoisotopic (exact) mass is 382 g/mol. The van der Waals surface area contributed by atoms with Gasteiger partial charge in [0.15, 0.2) is 0 Å². The van der Waals surface area contributed by atoms with Crippen LogP contribution in [-0.2, 0) is 0 Å². The molecule has 4 nitrogen and oxygen atoms in total. The first-order valence-electron chi connectivity index (χ1n) is 8.01. The summed E-state index contributed by atoms with van der Waals surface area (Å²) in [6, 6.07) is 16.1. The van der Waals surface area contributed by atoms with E-state index in [-0.39, 0.29) is 5.82 Å². The summed E-state index contributed by atoms with van der Waals surface area (Å²) in [5.41, 5.74) is 1.21. The summed E-state index contributed by atoms with van der Waals surface area (Å²) in [5, 5.41) is 0.683. The van der Waals surface area contributed by atoms with Crippen LogP contribution in [0.4, 0.5) is 4.39 Å². The van der Waals surface area contributed by atoms with Crippen molar-refractivity contribution in [2.24, 2.45) is 0 Å². The van der Waals surface area contributed by atoms with Crippen molar-refractivity contribution in [3.05, 3.63) is 121 Å². The van der Waals surface area contributed by atoms with Crippen LogP contribution in [0, 0.1) is 12.7 Å². The van der Waals surface area contributed by atoms with E-state index in [9.17, 15) is 4.39 Å². The van der Waals surface area contributed by atoms with E-state index < -0.39 is 0 Å². The van der Waals surface area contributed by atoms with Crippen LogP contribution in [0.2, 0.25) is 5.02 Å². The number of hydrogen-bond acceptors (Lipinski definition) is 4. The Hall–Kier alpha value is -3.18. The molecule has 0 aliphatic carbocycles. The summed E-state index contributed by atoms with van der Waals surface area (Å²) in [5.74, 6) is -0.289. The lowest BCUT2D eigenvalue weighted by Gasteiger charge is -1.82. The van der Waals surface area contributed by atoms with Gasteiger partial charge in [-0.05, 0) is 55.0 Å². The average molecular weight is 383 g/mol. The number of hydrogen-bond donors (Lipinski definition) is 0. The number of aryl methyl sites for hydroxylation is 1. The van der Waals surface area contributed by atoms with Crippen LogP contribution in [0.3, 0.4) is 0 Å². The Bertz CT molecular complexity index is 688. The molecule has 0 N–H and O–H groups in total. The van der Waals surface area contributed by atoms with Crippen molar-refractivity contribution in [3.8, 4) is 0 Å². The van der Waals surface area contributed by atoms with E-state index >= 15 is 0 Å². The van der Waals surface area contributed by atoms with Crippen molar-refractivity contribution >= 4 is 11.6 Å². The third-order valence-corrected chi connectivity index (χ3v) is 2.85. The van der Waals surface area contributed by atoms with Crippen molar-refractivity contribution in [1.29, 1.82) is 0 Å². The number of rotatable bonds is 0. The van der Waals surface area contributed by atoms with Crippen molar-refractivity contribution in [2.75, 3.05) is 0 Å². The van der Waals surface area contributed by atoms with Gasteiger partial charge >= 0.3 is 0 Å². The Morgan fingerprint density at radius 3 is 1.37 bits per heavy atom. The second-order valence-electron chi connectivity index (χ2n) is 4.90. The third kappa shape index (κ3) is 13.8. The quantitative estimate of drug-likeness (QED) is 0.407. The smallest absolute Gasteiger partial charge is 0.141 e. The van der Waals surface area contributed by atoms with Gasteiger partial charge in [-0.3, -0.25) is 19.9 Å². The summed E-state index contributed by atoms with van der Waals surface area (Å²) in [7, 11) is 0. The molecule has 0 aliphatic rings. The van der Waals surface area contributed by atoms with E-state index in [0.29, 0.717) is 5.02 Å². The molecule has 138 valence electrons. The van der Waals surface area contributed by atoms with Crippen LogP contribution >= 0.6 is 11.6 Å². The molecule has 0 aliphatic heterocycles. The Morgan fingerprint density at radius 2 is 1.19 bits per heavy atom. The minimum Gasteiger partial charge on any atom is -0.265 e. The highest BCUT2D eigenvalue weighted by molar-refractivity contribution is 6.30. The molecular formula is C21H20ClFN4. The fraction of sp³-hybridized carbons (Fsp3) is 0.0476. The molecule has 0 saturated carbocycles. The van der Waals surface area contributed by atoms with Gasteiger partial charge in [0.25, 0.3) is 0 Å². The first kappa shape index (κ1) is 21.9. The molecule has 4 rings (SSSR count). The lowest BCUT2D eigenvalue weighted by atomic mass is 10.3. The zero-order chi connectivity index (χ0) is 19.6. The molecule has 0 unspecified atom stereocenters. The van der Waals surface area contributed by atoms with Crippen molar-refractivity contribution in [2.45, 2.75) is 6.92 Å². The van der Waals surface area contributed by atoms with Gasteiger partial charge in [-0.25, -0.2) is 4.39 Å². The Kier molecular flexibility index (Phi) is 12.2. The van der Waals surface area contributed by atoms with Crippen LogP contribution in [0.1, 0.15) is 5.56 Å². The molecule has 0 aromatic carbocycles. The predicted octanol–water partition coefficient (Wildman–Crippen LogP) is 5.43. The first-order chi connectivity index (χ1) is 13.2. The zero-order valence-corrected chi connectivity index (χ0v) is 15.6. The predicted molar refractivity (Wildman–Crippen MR) is 107 cm³/mol. The molecule has 0 radical (unpaired) electrons. The molecule has 0 fully saturated rings. The first-order valence-corrected chi connectivity index (χ1v) is 8.39. The Labute approximate surface area is 163 Å². The lowest BCUT2D eigenvalue weighted by molar-refractivity contribution is 0.621. The molecule has 0 spiro atoms. The maximum absolute atomic E-state index is 11.8. The molecule has 0 bridgehead atoms. The van der Waals surface area contributed by atoms with Crippen molar-refractivity contribution in [1.82, 2.24) is 19.9 Å². The van der Waals surface area contributed by atoms with Gasteiger partial charge in [0.05, 0.1) is 11.2 Å². The maximum atomic E-state index is 11.8. The van der Waals surface area contributed by atoms with Crippen LogP contribution in [0.5, 0.6) is 0 Å². The molecule has 4 heterocycles. The van der Waals surface area contributed by atoms with E-state index in [2.05, 4.69) is 19.9 Å². The summed E-state index contributed by atoms with van der Waals surface area (Å²) in [4.78, 5) is 14.9. The zero-order valence-electron chi connectivity index (χ0n) is 14.9. The van der Waals surface area contributed by atoms with Gasteiger partial charge in [-0.2, -0.15) is 0 Å². The molecule has 6 heteroatoms. The van der Waals surface area contributed by atoms with Gasteiger partial charge in [0, 0.05) is 43.4 Å². The normalized spacial score (nSPS) is 8.56. The van der Waals surface area contributed by atoms with Crippen LogP contribution in [-0.4, -0.2) is 19.9 Å². The van der Waals surface area contributed by atoms with Crippen LogP contribution in [0.15, 0.2) is 104 Å². The van der Waals surface area contributed by atoms with E-state index in [1.165, 1.54) is 24.0 Å². The fourth-order valence-corrected chi connectivity index (χ4v) is 1.57. The van der Waals surface area contributed by atoms with Gasteiger partial charge < -0.3 is 0 Å². The number of halogens is 2. The van der Waals surface area contributed by atoms with Crippen molar-refractivity contribution in [3.63, 3.8) is 0 Å². The van der Waals surface area contributed by atoms with E-state index in [0.717, 1.165) is 0 Å². The second-order valence-corrected chi connectivity index (χ2v) is 5.33. The average Bonchev–Trinajstić information content (AvgIpc) is 2.73. The standard InChI is InChI=1S/C6H7N.C5H4ClN.C5H4FN.C5H5N/c1-6-3-2-4-7-5-6;2*6-5-2-1-3-7-4-5;1-2-4-6-5-3-1/h2-5H,1H3;2*1-4H;1-5H. The second kappa shape index (κ2) is 15.1. The Morgan fingerprint density at radius 1 is 0.630 bits per heavy atom. The van der Waals surface area contributed by atoms with Crippen LogP contribution < -0.4 is 0 Å². The number of pyridine rings is 4. The SMILES string of the molecule is Cc1cccnc1.Clc1cccnc1.Fc1cccnc1.c1ccncc1. The maximum Gasteiger partial charge on any atom is 0.141 e. The largest absolute Gasteiger partial charge is 0.265 e. The van der Waals surface area contributed by atoms with Gasteiger partial charge in [-0.15, -0.1) is 0 Å². The molecule has 4 aromatic heterocycles. The molecular weight excluding hydrogens is 363 g/mol. The summed E-state index contributed by atoms with van der Waals surface area (Å²) < 4.78 is 11.8. The molecule has 0 saturated heterocycles. The summed E-state index contributed by atoms with van der Waals surface area (Å²) in [6.45, 7) is 2.02. The molecule has 4 aromatic rings. The summed E-state index contributed by atoms with van der Waals surface area (Å²) in [6.07, 6.45) is 13.1. The topological polar surface area (TPSA) is 51.6 Å². The lowest BCUT2D eigenvalue weighted by Crippen LogP contribution is -1.70. The van der Waals surface area contributed by atoms with E-state index in [4.69, 9.17) is 11.6 Å². The van der Waals surface area contributed by atoms with Gasteiger partial charge in [0.1, 0.15) is 5.82 Å². The minimum absolute atomic E-state index is 0.289. The third-order valence-electron chi connectivity index (χ3n) is 2.63. The van der Waals surface area contributed by atoms with Crippen LogP contribution in [0.25, 0.3) is 0 Å².